The largest absolute Gasteiger partial charge is 0.493 e. The van der Waals surface area contributed by atoms with Gasteiger partial charge in [0.1, 0.15) is 17.4 Å². The van der Waals surface area contributed by atoms with E-state index >= 15 is 0 Å². The molecule has 1 amide bonds. The molecule has 198 valence electrons. The Bertz CT molecular complexity index is 1320. The third kappa shape index (κ3) is 7.59. The van der Waals surface area contributed by atoms with Crippen molar-refractivity contribution in [2.75, 3.05) is 30.3 Å². The number of nitrogens with zero attached hydrogens (tertiary/aromatic N) is 2. The zero-order valence-electron chi connectivity index (χ0n) is 20.4. The lowest BCUT2D eigenvalue weighted by Gasteiger charge is -2.26. The van der Waals surface area contributed by atoms with Crippen molar-refractivity contribution in [2.45, 2.75) is 24.8 Å². The number of thioether (sulfide) groups is 1. The molecule has 37 heavy (non-hydrogen) atoms. The summed E-state index contributed by atoms with van der Waals surface area (Å²) in [5.41, 5.74) is 0.0213. The minimum atomic E-state index is -4.31. The SMILES string of the molecule is CCSC(=O)N(C)CCCOc1ccccc1CN(c1cc(F)ccc1F)S(=O)(=O)c1ccc(Cl)cc1. The van der Waals surface area contributed by atoms with Crippen LogP contribution in [0.3, 0.4) is 0 Å². The van der Waals surface area contributed by atoms with E-state index in [9.17, 15) is 22.0 Å². The molecular weight excluding hydrogens is 542 g/mol. The summed E-state index contributed by atoms with van der Waals surface area (Å²) in [6, 6.07) is 14.8. The number of hydrogen-bond donors (Lipinski definition) is 0. The first kappa shape index (κ1) is 28.7. The van der Waals surface area contributed by atoms with Crippen molar-refractivity contribution in [1.29, 1.82) is 0 Å². The first-order valence-electron chi connectivity index (χ1n) is 11.5. The topological polar surface area (TPSA) is 66.9 Å². The number of anilines is 1. The fourth-order valence-electron chi connectivity index (χ4n) is 3.45. The highest BCUT2D eigenvalue weighted by Gasteiger charge is 2.29. The lowest BCUT2D eigenvalue weighted by molar-refractivity contribution is 0.226. The molecule has 0 aliphatic heterocycles. The molecule has 0 heterocycles. The molecule has 0 atom stereocenters. The fraction of sp³-hybridized carbons (Fsp3) is 0.269. The Morgan fingerprint density at radius 2 is 1.76 bits per heavy atom. The number of carbonyl (C=O) groups excluding carboxylic acids is 1. The number of benzene rings is 3. The van der Waals surface area contributed by atoms with Crippen molar-refractivity contribution in [3.8, 4) is 5.75 Å². The van der Waals surface area contributed by atoms with Crippen LogP contribution in [0.1, 0.15) is 18.9 Å². The first-order valence-corrected chi connectivity index (χ1v) is 14.3. The van der Waals surface area contributed by atoms with Crippen molar-refractivity contribution in [3.63, 3.8) is 0 Å². The molecule has 0 radical (unpaired) electrons. The summed E-state index contributed by atoms with van der Waals surface area (Å²) < 4.78 is 62.8. The van der Waals surface area contributed by atoms with Crippen LogP contribution in [0.15, 0.2) is 71.6 Å². The summed E-state index contributed by atoms with van der Waals surface area (Å²) in [6.07, 6.45) is 0.548. The molecular formula is C26H27ClF2N2O4S2. The Morgan fingerprint density at radius 1 is 1.05 bits per heavy atom. The minimum Gasteiger partial charge on any atom is -0.493 e. The number of rotatable bonds is 11. The van der Waals surface area contributed by atoms with Gasteiger partial charge in [0.2, 0.25) is 0 Å². The normalized spacial score (nSPS) is 11.3. The van der Waals surface area contributed by atoms with Gasteiger partial charge in [0.05, 0.1) is 23.7 Å². The van der Waals surface area contributed by atoms with Gasteiger partial charge >= 0.3 is 0 Å². The molecule has 11 heteroatoms. The van der Waals surface area contributed by atoms with Crippen LogP contribution in [0.5, 0.6) is 5.75 Å². The van der Waals surface area contributed by atoms with Crippen LogP contribution in [-0.2, 0) is 16.6 Å². The van der Waals surface area contributed by atoms with Gasteiger partial charge < -0.3 is 9.64 Å². The Labute approximate surface area is 225 Å². The third-order valence-electron chi connectivity index (χ3n) is 5.34. The average Bonchev–Trinajstić information content (AvgIpc) is 2.87. The fourth-order valence-corrected chi connectivity index (χ4v) is 5.58. The summed E-state index contributed by atoms with van der Waals surface area (Å²) in [4.78, 5) is 13.4. The number of halogens is 3. The van der Waals surface area contributed by atoms with Gasteiger partial charge in [-0.3, -0.25) is 9.10 Å². The molecule has 0 bridgehead atoms. The number of para-hydroxylation sites is 1. The summed E-state index contributed by atoms with van der Waals surface area (Å²) in [5, 5.41) is 0.310. The van der Waals surface area contributed by atoms with E-state index in [4.69, 9.17) is 16.3 Å². The average molecular weight is 569 g/mol. The molecule has 0 spiro atoms. The van der Waals surface area contributed by atoms with E-state index < -0.39 is 27.3 Å². The highest BCUT2D eigenvalue weighted by atomic mass is 35.5. The summed E-state index contributed by atoms with van der Waals surface area (Å²) in [6.45, 7) is 2.35. The van der Waals surface area contributed by atoms with Crippen LogP contribution in [0, 0.1) is 11.6 Å². The molecule has 0 aromatic heterocycles. The second-order valence-electron chi connectivity index (χ2n) is 7.99. The smallest absolute Gasteiger partial charge is 0.281 e. The Hall–Kier alpha value is -2.82. The van der Waals surface area contributed by atoms with Crippen molar-refractivity contribution < 1.29 is 26.7 Å². The number of amides is 1. The van der Waals surface area contributed by atoms with Crippen LogP contribution in [0.4, 0.5) is 19.3 Å². The summed E-state index contributed by atoms with van der Waals surface area (Å²) in [5.74, 6) is -0.589. The van der Waals surface area contributed by atoms with E-state index in [1.165, 1.54) is 36.0 Å². The maximum Gasteiger partial charge on any atom is 0.281 e. The first-order chi connectivity index (χ1) is 17.6. The molecule has 3 aromatic carbocycles. The van der Waals surface area contributed by atoms with Crippen LogP contribution in [0.25, 0.3) is 0 Å². The predicted octanol–water partition coefficient (Wildman–Crippen LogP) is 6.59. The van der Waals surface area contributed by atoms with Gasteiger partial charge in [-0.2, -0.15) is 0 Å². The third-order valence-corrected chi connectivity index (χ3v) is 8.21. The summed E-state index contributed by atoms with van der Waals surface area (Å²) in [7, 11) is -2.60. The Balaban J connectivity index is 1.87. The highest BCUT2D eigenvalue weighted by molar-refractivity contribution is 8.13. The second-order valence-corrected chi connectivity index (χ2v) is 11.5. The van der Waals surface area contributed by atoms with Crippen molar-refractivity contribution in [3.05, 3.63) is 89.0 Å². The summed E-state index contributed by atoms with van der Waals surface area (Å²) >= 11 is 7.13. The number of sulfonamides is 1. The minimum absolute atomic E-state index is 0.0249. The molecule has 0 unspecified atom stereocenters. The second kappa shape index (κ2) is 13.1. The number of carbonyl (C=O) groups is 1. The zero-order chi connectivity index (χ0) is 27.0. The van der Waals surface area contributed by atoms with Gasteiger partial charge in [0, 0.05) is 30.2 Å². The van der Waals surface area contributed by atoms with E-state index in [1.807, 2.05) is 6.92 Å². The highest BCUT2D eigenvalue weighted by Crippen LogP contribution is 2.31. The Morgan fingerprint density at radius 3 is 2.46 bits per heavy atom. The molecule has 0 saturated carbocycles. The molecule has 0 N–H and O–H groups in total. The van der Waals surface area contributed by atoms with Gasteiger partial charge in [-0.25, -0.2) is 17.2 Å². The predicted molar refractivity (Wildman–Crippen MR) is 144 cm³/mol. The quantitative estimate of drug-likeness (QED) is 0.244. The van der Waals surface area contributed by atoms with E-state index in [1.54, 1.807) is 36.2 Å². The lowest BCUT2D eigenvalue weighted by atomic mass is 10.2. The van der Waals surface area contributed by atoms with Crippen molar-refractivity contribution in [2.24, 2.45) is 0 Å². The van der Waals surface area contributed by atoms with Crippen molar-refractivity contribution in [1.82, 2.24) is 4.90 Å². The molecule has 3 rings (SSSR count). The molecule has 3 aromatic rings. The van der Waals surface area contributed by atoms with Crippen LogP contribution in [-0.4, -0.2) is 44.5 Å². The molecule has 0 saturated heterocycles. The van der Waals surface area contributed by atoms with E-state index in [2.05, 4.69) is 0 Å². The van der Waals surface area contributed by atoms with Crippen LogP contribution in [0.2, 0.25) is 5.02 Å². The molecule has 0 aliphatic carbocycles. The van der Waals surface area contributed by atoms with E-state index in [0.717, 1.165) is 22.5 Å². The zero-order valence-corrected chi connectivity index (χ0v) is 22.8. The monoisotopic (exact) mass is 568 g/mol. The number of hydrogen-bond acceptors (Lipinski definition) is 5. The van der Waals surface area contributed by atoms with Crippen molar-refractivity contribution >= 4 is 44.3 Å². The standard InChI is InChI=1S/C26H27ClF2N2O4S2/c1-3-36-26(32)30(2)15-6-16-35-25-8-5-4-7-19(25)18-31(24-17-21(28)11-14-23(24)29)37(33,34)22-12-9-20(27)10-13-22/h4-5,7-14,17H,3,6,15-16,18H2,1-2H3. The number of ether oxygens (including phenoxy) is 1. The van der Waals surface area contributed by atoms with Crippen LogP contribution < -0.4 is 9.04 Å². The maximum absolute atomic E-state index is 14.8. The van der Waals surface area contributed by atoms with E-state index in [-0.39, 0.29) is 23.3 Å². The van der Waals surface area contributed by atoms with E-state index in [0.29, 0.717) is 35.1 Å². The van der Waals surface area contributed by atoms with Gasteiger partial charge in [-0.05, 0) is 54.6 Å². The van der Waals surface area contributed by atoms with Gasteiger partial charge in [-0.1, -0.05) is 48.5 Å². The van der Waals surface area contributed by atoms with Gasteiger partial charge in [-0.15, -0.1) is 0 Å². The van der Waals surface area contributed by atoms with Gasteiger partial charge in [0.25, 0.3) is 15.3 Å². The maximum atomic E-state index is 14.8. The van der Waals surface area contributed by atoms with Crippen LogP contribution >= 0.6 is 23.4 Å². The molecule has 0 fully saturated rings. The van der Waals surface area contributed by atoms with Gasteiger partial charge in [0.15, 0.2) is 0 Å². The molecule has 0 aliphatic rings. The molecule has 6 nitrogen and oxygen atoms in total. The Kier molecular flexibility index (Phi) is 10.2. The lowest BCUT2D eigenvalue weighted by Crippen LogP contribution is -2.31.